The SMILES string of the molecule is [CH2-][N+]1=C[NH+](C)c2ncn3c(Nc4ccc([Se][Se]c5ccc(Nc6c(-c7ccccc7)[n+](C)c7c8c(ncn67)N=C[NH+]8C)c(C(=O)OC)c5)cc4C)c(-c4ccccc4)nc3c21. The van der Waals surface area contributed by atoms with E-state index in [1.54, 1.807) is 6.33 Å². The van der Waals surface area contributed by atoms with Crippen LogP contribution in [0.3, 0.4) is 0 Å². The molecule has 0 amide bonds. The minimum atomic E-state index is -0.404. The van der Waals surface area contributed by atoms with Gasteiger partial charge in [-0.15, -0.1) is 0 Å². The third-order valence-electron chi connectivity index (χ3n) is 11.0. The molecule has 0 spiro atoms. The molecule has 302 valence electrons. The monoisotopic (exact) mass is 941 g/mol. The summed E-state index contributed by atoms with van der Waals surface area (Å²) < 4.78 is 15.8. The number of hydrogen-bond acceptors (Lipinski definition) is 8. The Labute approximate surface area is 362 Å². The van der Waals surface area contributed by atoms with Crippen molar-refractivity contribution in [1.29, 1.82) is 0 Å². The van der Waals surface area contributed by atoms with E-state index < -0.39 is 5.97 Å². The number of aryl methyl sites for hydroxylation is 2. The molecule has 0 saturated heterocycles. The number of aromatic nitrogens is 6. The van der Waals surface area contributed by atoms with E-state index in [0.717, 1.165) is 88.2 Å². The van der Waals surface area contributed by atoms with Crippen molar-refractivity contribution in [2.45, 2.75) is 6.92 Å². The molecule has 2 aliphatic heterocycles. The van der Waals surface area contributed by atoms with Crippen molar-refractivity contribution in [3.63, 3.8) is 0 Å². The van der Waals surface area contributed by atoms with E-state index in [0.29, 0.717) is 17.1 Å². The molecule has 0 radical (unpaired) electrons. The number of fused-ring (bicyclic) bond motifs is 6. The molecular weight excluding hydrogens is 898 g/mol. The average Bonchev–Trinajstić information content (AvgIpc) is 4.01. The number of nitrogens with zero attached hydrogens (tertiary/aromatic N) is 8. The molecule has 8 aromatic rings. The molecule has 0 fully saturated rings. The van der Waals surface area contributed by atoms with Crippen LogP contribution >= 0.6 is 0 Å². The van der Waals surface area contributed by atoms with Gasteiger partial charge in [-0.3, -0.25) is 0 Å². The van der Waals surface area contributed by atoms with E-state index in [4.69, 9.17) is 19.7 Å². The van der Waals surface area contributed by atoms with E-state index >= 15 is 0 Å². The van der Waals surface area contributed by atoms with Crippen LogP contribution in [0.4, 0.5) is 46.0 Å². The first-order valence-electron chi connectivity index (χ1n) is 19.5. The Balaban J connectivity index is 0.937. The summed E-state index contributed by atoms with van der Waals surface area (Å²) in [6.45, 7) is 2.13. The van der Waals surface area contributed by atoms with Gasteiger partial charge in [0.1, 0.15) is 0 Å². The maximum atomic E-state index is 13.4. The van der Waals surface area contributed by atoms with Crippen LogP contribution in [-0.2, 0) is 11.8 Å². The number of anilines is 4. The van der Waals surface area contributed by atoms with Gasteiger partial charge in [0.25, 0.3) is 0 Å². The average molecular weight is 940 g/mol. The summed E-state index contributed by atoms with van der Waals surface area (Å²) in [4.78, 5) is 34.7. The van der Waals surface area contributed by atoms with Gasteiger partial charge in [0.2, 0.25) is 0 Å². The number of ether oxygens (including phenoxy) is 1. The van der Waals surface area contributed by atoms with Crippen LogP contribution in [0.5, 0.6) is 0 Å². The van der Waals surface area contributed by atoms with Crippen LogP contribution in [0, 0.1) is 14.0 Å². The van der Waals surface area contributed by atoms with Crippen molar-refractivity contribution >= 4 is 111 Å². The molecule has 2 atom stereocenters. The molecule has 2 unspecified atom stereocenters. The number of methoxy groups -OCH3 is 1. The molecular formula is C45H41N12O2Se2+3. The van der Waals surface area contributed by atoms with Gasteiger partial charge < -0.3 is 0 Å². The molecule has 4 aromatic heterocycles. The van der Waals surface area contributed by atoms with Crippen LogP contribution in [0.2, 0.25) is 0 Å². The second kappa shape index (κ2) is 15.4. The van der Waals surface area contributed by atoms with Crippen molar-refractivity contribution in [2.24, 2.45) is 12.0 Å². The molecule has 4 aromatic carbocycles. The van der Waals surface area contributed by atoms with Gasteiger partial charge in [0.05, 0.1) is 0 Å². The third kappa shape index (κ3) is 6.66. The summed E-state index contributed by atoms with van der Waals surface area (Å²) >= 11 is 0.218. The van der Waals surface area contributed by atoms with E-state index in [9.17, 15) is 4.79 Å². The van der Waals surface area contributed by atoms with Crippen molar-refractivity contribution in [1.82, 2.24) is 23.8 Å². The number of quaternary nitrogens is 2. The number of esters is 1. The number of hydrogen-bond donors (Lipinski definition) is 4. The quantitative estimate of drug-likeness (QED) is 0.0721. The van der Waals surface area contributed by atoms with Crippen LogP contribution < -0.4 is 33.9 Å². The van der Waals surface area contributed by atoms with E-state index in [1.807, 2.05) is 102 Å². The molecule has 10 rings (SSSR count). The van der Waals surface area contributed by atoms with Gasteiger partial charge in [-0.2, -0.15) is 0 Å². The van der Waals surface area contributed by atoms with Crippen LogP contribution in [0.15, 0.2) is 115 Å². The van der Waals surface area contributed by atoms with Gasteiger partial charge in [-0.05, 0) is 0 Å². The Kier molecular flexibility index (Phi) is 9.75. The Hall–Kier alpha value is -6.64. The first kappa shape index (κ1) is 38.6. The second-order valence-corrected chi connectivity index (χ2v) is 21.2. The summed E-state index contributed by atoms with van der Waals surface area (Å²) in [7, 11) is 11.8. The first-order chi connectivity index (χ1) is 29.7. The number of nitrogens with one attached hydrogen (secondary N) is 4. The topological polar surface area (TPSA) is 126 Å². The molecule has 61 heavy (non-hydrogen) atoms. The molecule has 4 N–H and O–H groups in total. The summed E-state index contributed by atoms with van der Waals surface area (Å²) in [5.74, 6) is 2.80. The number of carbonyl (C=O) groups is 1. The Morgan fingerprint density at radius 1 is 0.820 bits per heavy atom. The summed E-state index contributed by atoms with van der Waals surface area (Å²) in [5.41, 5.74) is 10.6. The van der Waals surface area contributed by atoms with Gasteiger partial charge >= 0.3 is 365 Å². The molecule has 14 nitrogen and oxygen atoms in total. The molecule has 0 saturated carbocycles. The van der Waals surface area contributed by atoms with Crippen LogP contribution in [0.25, 0.3) is 33.8 Å². The fourth-order valence-corrected chi connectivity index (χ4v) is 14.1. The minimum absolute atomic E-state index is 0.0807. The standard InChI is InChI=1S/C45H38N12O2Se2/c1-27-21-30(17-19-33(27)49-40-35(28-13-9-7-10-14-28)51-43-38-41(48-25-56(40)43)54(4)26-53(38)3)60-61-31-18-20-34(32(22-31)45(58)59-6)50-42-36(29-15-11-8-12-16-29)55(5)44-37-39(46-23-52(37)2)47-24-57(42)44/h7-26,49H,3H2,1-2,4-6H3/p+3. The fourth-order valence-electron chi connectivity index (χ4n) is 8.01. The molecule has 16 heteroatoms. The van der Waals surface area contributed by atoms with Crippen LogP contribution in [0.1, 0.15) is 15.9 Å². The van der Waals surface area contributed by atoms with E-state index in [1.165, 1.54) is 11.6 Å². The zero-order chi connectivity index (χ0) is 41.9. The van der Waals surface area contributed by atoms with Gasteiger partial charge in [0.15, 0.2) is 0 Å². The number of aliphatic imine (C=N–C) groups is 1. The molecule has 0 bridgehead atoms. The Morgan fingerprint density at radius 3 is 2.21 bits per heavy atom. The zero-order valence-corrected chi connectivity index (χ0v) is 37.4. The number of rotatable bonds is 10. The summed E-state index contributed by atoms with van der Waals surface area (Å²) in [5, 5.41) is 7.36. The van der Waals surface area contributed by atoms with Gasteiger partial charge in [-0.25, -0.2) is 0 Å². The summed E-state index contributed by atoms with van der Waals surface area (Å²) in [6, 6.07) is 33.1. The van der Waals surface area contributed by atoms with Crippen molar-refractivity contribution in [2.75, 3.05) is 31.8 Å². The molecule has 6 heterocycles. The van der Waals surface area contributed by atoms with Gasteiger partial charge in [0, 0.05) is 0 Å². The Bertz CT molecular complexity index is 3130. The van der Waals surface area contributed by atoms with Gasteiger partial charge in [-0.1, -0.05) is 0 Å². The molecule has 0 aliphatic carbocycles. The van der Waals surface area contributed by atoms with Crippen molar-refractivity contribution in [3.05, 3.63) is 128 Å². The van der Waals surface area contributed by atoms with Crippen molar-refractivity contribution in [3.8, 4) is 22.5 Å². The predicted octanol–water partition coefficient (Wildman–Crippen LogP) is 2.84. The zero-order valence-electron chi connectivity index (χ0n) is 34.0. The normalized spacial score (nSPS) is 15.3. The van der Waals surface area contributed by atoms with E-state index in [-0.39, 0.29) is 26.3 Å². The molecule has 2 aliphatic rings. The number of carbonyl (C=O) groups excluding carboxylic acids is 1. The third-order valence-corrected chi connectivity index (χ3v) is 18.1. The fraction of sp³-hybridized carbons (Fsp3) is 0.111. The second-order valence-electron chi connectivity index (χ2n) is 14.9. The first-order valence-corrected chi connectivity index (χ1v) is 25.6. The number of benzene rings is 4. The van der Waals surface area contributed by atoms with Crippen molar-refractivity contribution < 1.29 is 28.5 Å². The Morgan fingerprint density at radius 2 is 1.49 bits per heavy atom. The maximum absolute atomic E-state index is 13.4. The number of imidazole rings is 2. The van der Waals surface area contributed by atoms with E-state index in [2.05, 4.69) is 82.7 Å². The predicted molar refractivity (Wildman–Crippen MR) is 239 cm³/mol. The summed E-state index contributed by atoms with van der Waals surface area (Å²) in [6.07, 6.45) is 7.47. The van der Waals surface area contributed by atoms with Crippen LogP contribution in [-0.4, -0.2) is 94.4 Å².